The van der Waals surface area contributed by atoms with E-state index in [9.17, 15) is 4.79 Å². The first-order chi connectivity index (χ1) is 8.08. The van der Waals surface area contributed by atoms with Crippen LogP contribution in [0.15, 0.2) is 22.0 Å². The summed E-state index contributed by atoms with van der Waals surface area (Å²) >= 11 is 5.19. The Bertz CT molecular complexity index is 757. The molecule has 2 heterocycles. The summed E-state index contributed by atoms with van der Waals surface area (Å²) in [5, 5.41) is 13.1. The molecule has 0 fully saturated rings. The largest absolute Gasteiger partial charge is 0.477 e. The van der Waals surface area contributed by atoms with Crippen LogP contribution in [0.4, 0.5) is 0 Å². The Kier molecular flexibility index (Phi) is 2.27. The maximum atomic E-state index is 11.0. The number of aromatic nitrogens is 1. The van der Waals surface area contributed by atoms with Crippen molar-refractivity contribution in [3.63, 3.8) is 0 Å². The first-order valence-corrected chi connectivity index (χ1v) is 6.67. The molecule has 0 aliphatic rings. The number of aromatic carboxylic acids is 1. The number of halogens is 1. The number of carboxylic acids is 1. The molecule has 3 aromatic rings. The molecule has 3 rings (SSSR count). The molecule has 1 aromatic carbocycles. The summed E-state index contributed by atoms with van der Waals surface area (Å²) in [7, 11) is 0. The van der Waals surface area contributed by atoms with Gasteiger partial charge in [0.1, 0.15) is 5.69 Å². The maximum Gasteiger partial charge on any atom is 0.352 e. The van der Waals surface area contributed by atoms with Crippen LogP contribution in [-0.4, -0.2) is 16.1 Å². The molecule has 2 aromatic heterocycles. The normalized spacial score (nSPS) is 11.4. The van der Waals surface area contributed by atoms with Gasteiger partial charge in [0, 0.05) is 15.2 Å². The Labute approximate surface area is 109 Å². The van der Waals surface area contributed by atoms with Crippen molar-refractivity contribution in [2.75, 3.05) is 0 Å². The second kappa shape index (κ2) is 3.58. The summed E-state index contributed by atoms with van der Waals surface area (Å²) < 4.78 is 2.16. The molecule has 17 heavy (non-hydrogen) atoms. The van der Waals surface area contributed by atoms with Crippen LogP contribution in [0.2, 0.25) is 0 Å². The average molecular weight is 310 g/mol. The number of aryl methyl sites for hydroxylation is 1. The monoisotopic (exact) mass is 309 g/mol. The maximum absolute atomic E-state index is 11.0. The molecule has 0 saturated carbocycles. The molecular weight excluding hydrogens is 302 g/mol. The van der Waals surface area contributed by atoms with Crippen LogP contribution in [0.25, 0.3) is 21.0 Å². The predicted octanol–water partition coefficient (Wildman–Crippen LogP) is 4.15. The lowest BCUT2D eigenvalue weighted by Gasteiger charge is -1.98. The lowest BCUT2D eigenvalue weighted by atomic mass is 10.1. The van der Waals surface area contributed by atoms with Crippen LogP contribution >= 0.6 is 27.3 Å². The molecule has 0 saturated heterocycles. The highest BCUT2D eigenvalue weighted by molar-refractivity contribution is 9.10. The highest BCUT2D eigenvalue weighted by Gasteiger charge is 2.14. The van der Waals surface area contributed by atoms with Crippen LogP contribution < -0.4 is 0 Å². The van der Waals surface area contributed by atoms with Crippen LogP contribution in [0.3, 0.4) is 0 Å². The van der Waals surface area contributed by atoms with Gasteiger partial charge < -0.3 is 10.1 Å². The third kappa shape index (κ3) is 1.50. The molecule has 5 heteroatoms. The SMILES string of the molecule is Cc1csc2c(Br)cc3cc(C(=O)O)[nH]c3c12. The molecule has 3 nitrogen and oxygen atoms in total. The lowest BCUT2D eigenvalue weighted by Crippen LogP contribution is -1.94. The van der Waals surface area contributed by atoms with Crippen LogP contribution in [0.1, 0.15) is 16.1 Å². The van der Waals surface area contributed by atoms with E-state index >= 15 is 0 Å². The van der Waals surface area contributed by atoms with E-state index in [1.54, 1.807) is 17.4 Å². The Balaban J connectivity index is 2.53. The summed E-state index contributed by atoms with van der Waals surface area (Å²) in [4.78, 5) is 14.0. The number of carboxylic acid groups (broad SMARTS) is 1. The number of benzene rings is 1. The third-order valence-electron chi connectivity index (χ3n) is 2.80. The topological polar surface area (TPSA) is 53.1 Å². The number of carbonyl (C=O) groups is 1. The molecule has 0 spiro atoms. The number of rotatable bonds is 1. The fraction of sp³-hybridized carbons (Fsp3) is 0.0833. The van der Waals surface area contributed by atoms with Gasteiger partial charge in [-0.05, 0) is 45.9 Å². The zero-order valence-corrected chi connectivity index (χ0v) is 11.3. The van der Waals surface area contributed by atoms with E-state index in [1.165, 1.54) is 0 Å². The van der Waals surface area contributed by atoms with Crippen LogP contribution in [0, 0.1) is 6.92 Å². The molecule has 2 N–H and O–H groups in total. The van der Waals surface area contributed by atoms with Gasteiger partial charge in [-0.1, -0.05) is 0 Å². The van der Waals surface area contributed by atoms with Crippen molar-refractivity contribution < 1.29 is 9.90 Å². The second-order valence-corrected chi connectivity index (χ2v) is 5.67. The van der Waals surface area contributed by atoms with Crippen LogP contribution in [0.5, 0.6) is 0 Å². The van der Waals surface area contributed by atoms with Crippen molar-refractivity contribution in [1.29, 1.82) is 0 Å². The molecule has 0 atom stereocenters. The smallest absolute Gasteiger partial charge is 0.352 e. The van der Waals surface area contributed by atoms with Gasteiger partial charge in [0.05, 0.1) is 10.2 Å². The Morgan fingerprint density at radius 2 is 2.24 bits per heavy atom. The number of H-pyrrole nitrogens is 1. The zero-order chi connectivity index (χ0) is 12.2. The van der Waals surface area contributed by atoms with Crippen molar-refractivity contribution >= 4 is 54.2 Å². The van der Waals surface area contributed by atoms with Crippen molar-refractivity contribution in [2.24, 2.45) is 0 Å². The Morgan fingerprint density at radius 1 is 1.47 bits per heavy atom. The standard InChI is InChI=1S/C12H8BrNO2S/c1-5-4-17-11-7(13)2-6-3-8(12(15)16)14-10(6)9(5)11/h2-4,14H,1H3,(H,15,16). The molecule has 0 amide bonds. The van der Waals surface area contributed by atoms with Crippen molar-refractivity contribution in [1.82, 2.24) is 4.98 Å². The number of fused-ring (bicyclic) bond motifs is 3. The summed E-state index contributed by atoms with van der Waals surface area (Å²) in [5.41, 5.74) is 2.29. The molecule has 0 aliphatic heterocycles. The predicted molar refractivity (Wildman–Crippen MR) is 73.1 cm³/mol. The minimum atomic E-state index is -0.932. The first-order valence-electron chi connectivity index (χ1n) is 5.00. The van der Waals surface area contributed by atoms with Gasteiger partial charge in [-0.25, -0.2) is 4.79 Å². The van der Waals surface area contributed by atoms with Gasteiger partial charge in [0.2, 0.25) is 0 Å². The van der Waals surface area contributed by atoms with E-state index in [4.69, 9.17) is 5.11 Å². The first kappa shape index (κ1) is 10.8. The summed E-state index contributed by atoms with van der Waals surface area (Å²) in [6, 6.07) is 3.62. The fourth-order valence-electron chi connectivity index (χ4n) is 2.04. The van der Waals surface area contributed by atoms with Crippen molar-refractivity contribution in [3.8, 4) is 0 Å². The van der Waals surface area contributed by atoms with Crippen molar-refractivity contribution in [2.45, 2.75) is 6.92 Å². The number of thiophene rings is 1. The van der Waals surface area contributed by atoms with Gasteiger partial charge >= 0.3 is 5.97 Å². The van der Waals surface area contributed by atoms with E-state index in [0.29, 0.717) is 0 Å². The molecule has 0 aliphatic carbocycles. The Hall–Kier alpha value is -1.33. The Morgan fingerprint density at radius 3 is 2.94 bits per heavy atom. The zero-order valence-electron chi connectivity index (χ0n) is 8.87. The molecule has 0 bridgehead atoms. The summed E-state index contributed by atoms with van der Waals surface area (Å²) in [6.45, 7) is 2.03. The van der Waals surface area contributed by atoms with Gasteiger partial charge in [-0.2, -0.15) is 0 Å². The van der Waals surface area contributed by atoms with Gasteiger partial charge in [-0.15, -0.1) is 11.3 Å². The third-order valence-corrected chi connectivity index (χ3v) is 4.82. The van der Waals surface area contributed by atoms with E-state index < -0.39 is 5.97 Å². The molecule has 0 unspecified atom stereocenters. The quantitative estimate of drug-likeness (QED) is 0.709. The van der Waals surface area contributed by atoms with Gasteiger partial charge in [0.15, 0.2) is 0 Å². The second-order valence-electron chi connectivity index (χ2n) is 3.93. The number of aromatic amines is 1. The van der Waals surface area contributed by atoms with E-state index in [2.05, 4.69) is 26.3 Å². The minimum absolute atomic E-state index is 0.227. The number of hydrogen-bond donors (Lipinski definition) is 2. The molecule has 86 valence electrons. The van der Waals surface area contributed by atoms with E-state index in [0.717, 1.165) is 31.0 Å². The van der Waals surface area contributed by atoms with Crippen LogP contribution in [-0.2, 0) is 0 Å². The summed E-state index contributed by atoms with van der Waals surface area (Å²) in [6.07, 6.45) is 0. The molecule has 0 radical (unpaired) electrons. The average Bonchev–Trinajstić information content (AvgIpc) is 2.82. The fourth-order valence-corrected chi connectivity index (χ4v) is 3.73. The molecular formula is C12H8BrNO2S. The van der Waals surface area contributed by atoms with Gasteiger partial charge in [0.25, 0.3) is 0 Å². The highest BCUT2D eigenvalue weighted by atomic mass is 79.9. The number of hydrogen-bond acceptors (Lipinski definition) is 2. The van der Waals surface area contributed by atoms with Gasteiger partial charge in [-0.3, -0.25) is 0 Å². The summed E-state index contributed by atoms with van der Waals surface area (Å²) in [5.74, 6) is -0.932. The lowest BCUT2D eigenvalue weighted by molar-refractivity contribution is 0.0691. The van der Waals surface area contributed by atoms with Crippen molar-refractivity contribution in [3.05, 3.63) is 33.2 Å². The van der Waals surface area contributed by atoms with E-state index in [-0.39, 0.29) is 5.69 Å². The minimum Gasteiger partial charge on any atom is -0.477 e. The highest BCUT2D eigenvalue weighted by Crippen LogP contribution is 2.37. The van der Waals surface area contributed by atoms with E-state index in [1.807, 2.05) is 13.0 Å². The number of nitrogens with one attached hydrogen (secondary N) is 1.